The molecule has 2 unspecified atom stereocenters. The van der Waals surface area contributed by atoms with E-state index in [0.29, 0.717) is 18.7 Å². The lowest BCUT2D eigenvalue weighted by atomic mass is 9.98. The first-order chi connectivity index (χ1) is 18.4. The van der Waals surface area contributed by atoms with Crippen molar-refractivity contribution in [2.45, 2.75) is 57.2 Å². The van der Waals surface area contributed by atoms with Gasteiger partial charge in [0.2, 0.25) is 0 Å². The number of hydrogen-bond acceptors (Lipinski definition) is 11. The first-order valence-electron chi connectivity index (χ1n) is 11.9. The summed E-state index contributed by atoms with van der Waals surface area (Å²) in [5, 5.41) is 37.5. The Kier molecular flexibility index (Phi) is 9.02. The van der Waals surface area contributed by atoms with E-state index in [1.807, 2.05) is 43.3 Å². The molecule has 0 amide bonds. The van der Waals surface area contributed by atoms with Gasteiger partial charge in [0.15, 0.2) is 18.5 Å². The average molecular weight is 533 g/mol. The van der Waals surface area contributed by atoms with Gasteiger partial charge >= 0.3 is 12.3 Å². The van der Waals surface area contributed by atoms with Crippen LogP contribution >= 0.6 is 0 Å². The molecule has 0 radical (unpaired) electrons. The standard InChI is InChI=1S/C24H28N4O10/c1-2-9-34-19-18(12-29)36-22(21(38-24(32)33)20(19)37-23(30)31)35-13-16-11-28(27-26-16)10-15-8-7-14-5-3-4-6-17(14)25-15/h3-8,11,18-22,29H,2,9-10,12-13H2,1H3,(H,30,31)(H,32,33)/t18?,19-,20-,21?,22+/m0/s1. The SMILES string of the molecule is CCCO[C@H]1C(CO)O[C@@H](OCc2cn(Cc3ccc4ccccc4n3)nn2)C(OC(=O)O)[C@H]1OC(=O)O. The molecule has 38 heavy (non-hydrogen) atoms. The van der Waals surface area contributed by atoms with Crippen molar-refractivity contribution in [3.8, 4) is 0 Å². The molecular weight excluding hydrogens is 504 g/mol. The molecule has 1 aliphatic rings. The number of nitrogens with zero attached hydrogens (tertiary/aromatic N) is 4. The fourth-order valence-electron chi connectivity index (χ4n) is 4.12. The molecule has 1 saturated heterocycles. The molecule has 3 N–H and O–H groups in total. The Balaban J connectivity index is 1.47. The number of pyridine rings is 1. The third kappa shape index (κ3) is 6.72. The summed E-state index contributed by atoms with van der Waals surface area (Å²) >= 11 is 0. The van der Waals surface area contributed by atoms with E-state index in [-0.39, 0.29) is 13.2 Å². The van der Waals surface area contributed by atoms with E-state index in [2.05, 4.69) is 15.3 Å². The maximum atomic E-state index is 11.4. The van der Waals surface area contributed by atoms with Gasteiger partial charge in [0.05, 0.1) is 37.2 Å². The fourth-order valence-corrected chi connectivity index (χ4v) is 4.12. The molecule has 5 atom stereocenters. The number of hydrogen-bond donors (Lipinski definition) is 3. The summed E-state index contributed by atoms with van der Waals surface area (Å²) in [7, 11) is 0. The smallest absolute Gasteiger partial charge is 0.450 e. The number of carbonyl (C=O) groups is 2. The van der Waals surface area contributed by atoms with Crippen molar-refractivity contribution in [2.24, 2.45) is 0 Å². The molecule has 3 aromatic rings. The second kappa shape index (κ2) is 12.6. The maximum absolute atomic E-state index is 11.4. The van der Waals surface area contributed by atoms with Gasteiger partial charge in [-0.15, -0.1) is 5.10 Å². The van der Waals surface area contributed by atoms with Gasteiger partial charge in [-0.1, -0.05) is 36.4 Å². The molecule has 0 bridgehead atoms. The average Bonchev–Trinajstić information content (AvgIpc) is 3.34. The van der Waals surface area contributed by atoms with E-state index in [4.69, 9.17) is 23.7 Å². The zero-order chi connectivity index (χ0) is 27.1. The highest BCUT2D eigenvalue weighted by Gasteiger charge is 2.51. The number of carboxylic acid groups (broad SMARTS) is 2. The number of benzene rings is 1. The molecule has 1 aliphatic heterocycles. The minimum atomic E-state index is -1.70. The molecule has 4 rings (SSSR count). The Morgan fingerprint density at radius 3 is 2.50 bits per heavy atom. The van der Waals surface area contributed by atoms with E-state index in [0.717, 1.165) is 16.6 Å². The predicted molar refractivity (Wildman–Crippen MR) is 127 cm³/mol. The number of para-hydroxylation sites is 1. The predicted octanol–water partition coefficient (Wildman–Crippen LogP) is 2.03. The van der Waals surface area contributed by atoms with E-state index in [1.54, 1.807) is 10.9 Å². The molecule has 1 aromatic carbocycles. The molecule has 0 aliphatic carbocycles. The minimum Gasteiger partial charge on any atom is -0.450 e. The Bertz CT molecular complexity index is 1240. The first-order valence-corrected chi connectivity index (χ1v) is 11.9. The summed E-state index contributed by atoms with van der Waals surface area (Å²) in [5.74, 6) is 0. The van der Waals surface area contributed by atoms with Crippen LogP contribution < -0.4 is 0 Å². The van der Waals surface area contributed by atoms with Gasteiger partial charge in [-0.05, 0) is 18.6 Å². The summed E-state index contributed by atoms with van der Waals surface area (Å²) in [6.07, 6.45) is -7.81. The molecule has 0 saturated carbocycles. The van der Waals surface area contributed by atoms with Crippen molar-refractivity contribution in [3.05, 3.63) is 54.0 Å². The highest BCUT2D eigenvalue weighted by Crippen LogP contribution is 2.30. The zero-order valence-corrected chi connectivity index (χ0v) is 20.5. The molecule has 1 fully saturated rings. The third-order valence-corrected chi connectivity index (χ3v) is 5.72. The van der Waals surface area contributed by atoms with Crippen molar-refractivity contribution in [2.75, 3.05) is 13.2 Å². The zero-order valence-electron chi connectivity index (χ0n) is 20.5. The topological polar surface area (TPSA) is 185 Å². The number of aliphatic hydroxyl groups is 1. The van der Waals surface area contributed by atoms with Crippen molar-refractivity contribution < 1.29 is 48.6 Å². The van der Waals surface area contributed by atoms with Crippen molar-refractivity contribution in [3.63, 3.8) is 0 Å². The second-order valence-corrected chi connectivity index (χ2v) is 8.47. The Morgan fingerprint density at radius 1 is 1.00 bits per heavy atom. The van der Waals surface area contributed by atoms with Gasteiger partial charge in [0.1, 0.15) is 17.9 Å². The van der Waals surface area contributed by atoms with Gasteiger partial charge < -0.3 is 39.0 Å². The van der Waals surface area contributed by atoms with E-state index in [1.165, 1.54) is 0 Å². The largest absolute Gasteiger partial charge is 0.506 e. The Morgan fingerprint density at radius 2 is 1.76 bits per heavy atom. The number of fused-ring (bicyclic) bond motifs is 1. The number of rotatable bonds is 11. The lowest BCUT2D eigenvalue weighted by Gasteiger charge is -2.43. The summed E-state index contributed by atoms with van der Waals surface area (Å²) in [6.45, 7) is 1.60. The number of ether oxygens (including phenoxy) is 5. The van der Waals surface area contributed by atoms with Crippen LogP contribution in [0.5, 0.6) is 0 Å². The van der Waals surface area contributed by atoms with Crippen LogP contribution in [-0.2, 0) is 36.8 Å². The van der Waals surface area contributed by atoms with Crippen LogP contribution in [0.15, 0.2) is 42.6 Å². The molecular formula is C24H28N4O10. The summed E-state index contributed by atoms with van der Waals surface area (Å²) in [4.78, 5) is 27.4. The highest BCUT2D eigenvalue weighted by atomic mass is 16.8. The second-order valence-electron chi connectivity index (χ2n) is 8.47. The van der Waals surface area contributed by atoms with Crippen molar-refractivity contribution in [1.29, 1.82) is 0 Å². The molecule has 14 heteroatoms. The number of aliphatic hydroxyl groups excluding tert-OH is 1. The Labute approximate surface area is 216 Å². The van der Waals surface area contributed by atoms with Crippen LogP contribution in [0.2, 0.25) is 0 Å². The summed E-state index contributed by atoms with van der Waals surface area (Å²) < 4.78 is 28.4. The Hall–Kier alpha value is -3.85. The summed E-state index contributed by atoms with van der Waals surface area (Å²) in [5.41, 5.74) is 2.00. The normalized spacial score (nSPS) is 23.3. The van der Waals surface area contributed by atoms with Crippen LogP contribution in [-0.4, -0.2) is 91.5 Å². The lowest BCUT2D eigenvalue weighted by Crippen LogP contribution is -2.62. The highest BCUT2D eigenvalue weighted by molar-refractivity contribution is 5.78. The van der Waals surface area contributed by atoms with Crippen molar-refractivity contribution in [1.82, 2.24) is 20.0 Å². The van der Waals surface area contributed by atoms with Gasteiger partial charge in [-0.2, -0.15) is 0 Å². The maximum Gasteiger partial charge on any atom is 0.506 e. The van der Waals surface area contributed by atoms with Gasteiger partial charge in [-0.25, -0.2) is 14.3 Å². The van der Waals surface area contributed by atoms with Crippen LogP contribution in [0.25, 0.3) is 10.9 Å². The van der Waals surface area contributed by atoms with Gasteiger partial charge in [0.25, 0.3) is 0 Å². The van der Waals surface area contributed by atoms with Crippen LogP contribution in [0.4, 0.5) is 9.59 Å². The van der Waals surface area contributed by atoms with Crippen molar-refractivity contribution >= 4 is 23.2 Å². The van der Waals surface area contributed by atoms with Gasteiger partial charge in [0, 0.05) is 12.0 Å². The molecule has 3 heterocycles. The quantitative estimate of drug-likeness (QED) is 0.305. The van der Waals surface area contributed by atoms with E-state index >= 15 is 0 Å². The fraction of sp³-hybridized carbons (Fsp3) is 0.458. The molecule has 0 spiro atoms. The number of aromatic nitrogens is 4. The molecule has 2 aromatic heterocycles. The van der Waals surface area contributed by atoms with Crippen LogP contribution in [0, 0.1) is 0 Å². The van der Waals surface area contributed by atoms with Crippen LogP contribution in [0.3, 0.4) is 0 Å². The van der Waals surface area contributed by atoms with E-state index in [9.17, 15) is 24.9 Å². The van der Waals surface area contributed by atoms with Crippen LogP contribution in [0.1, 0.15) is 24.7 Å². The monoisotopic (exact) mass is 532 g/mol. The molecule has 204 valence electrons. The molecule has 14 nitrogen and oxygen atoms in total. The summed E-state index contributed by atoms with van der Waals surface area (Å²) in [6, 6.07) is 11.6. The van der Waals surface area contributed by atoms with Gasteiger partial charge in [-0.3, -0.25) is 4.98 Å². The minimum absolute atomic E-state index is 0.185. The lowest BCUT2D eigenvalue weighted by molar-refractivity contribution is -0.311. The first kappa shape index (κ1) is 27.2. The third-order valence-electron chi connectivity index (χ3n) is 5.72. The van der Waals surface area contributed by atoms with E-state index < -0.39 is 49.6 Å².